The van der Waals surface area contributed by atoms with Crippen molar-refractivity contribution in [3.63, 3.8) is 0 Å². The quantitative estimate of drug-likeness (QED) is 0.458. The highest BCUT2D eigenvalue weighted by molar-refractivity contribution is 5.99. The minimum atomic E-state index is -0.365. The van der Waals surface area contributed by atoms with E-state index in [1.165, 1.54) is 24.3 Å². The Morgan fingerprint density at radius 1 is 0.938 bits per heavy atom. The van der Waals surface area contributed by atoms with Gasteiger partial charge in [-0.3, -0.25) is 9.69 Å². The number of likely N-dealkylation sites (tertiary alicyclic amines) is 2. The summed E-state index contributed by atoms with van der Waals surface area (Å²) in [5.74, 6) is 1.27. The number of amides is 1. The summed E-state index contributed by atoms with van der Waals surface area (Å²) in [4.78, 5) is 28.7. The maximum Gasteiger partial charge on any atom is 0.415 e. The van der Waals surface area contributed by atoms with Gasteiger partial charge in [0.15, 0.2) is 5.78 Å². The fourth-order valence-corrected chi connectivity index (χ4v) is 4.66. The smallest absolute Gasteiger partial charge is 0.415 e. The lowest BCUT2D eigenvalue weighted by Gasteiger charge is -2.33. The molecule has 3 aliphatic rings. The Labute approximate surface area is 186 Å². The number of halogens is 1. The van der Waals surface area contributed by atoms with Crippen molar-refractivity contribution in [3.8, 4) is 11.5 Å². The van der Waals surface area contributed by atoms with Crippen LogP contribution in [0.5, 0.6) is 11.5 Å². The number of fused-ring (bicyclic) bond motifs is 2. The summed E-state index contributed by atoms with van der Waals surface area (Å²) in [6.07, 6.45) is 3.52. The third kappa shape index (κ3) is 4.63. The number of carbonyl (C=O) groups is 2. The molecule has 6 nitrogen and oxygen atoms in total. The van der Waals surface area contributed by atoms with Crippen LogP contribution in [0.3, 0.4) is 0 Å². The number of benzene rings is 2. The topological polar surface area (TPSA) is 59.1 Å². The van der Waals surface area contributed by atoms with Gasteiger partial charge >= 0.3 is 6.09 Å². The second-order valence-electron chi connectivity index (χ2n) is 8.88. The number of rotatable bonds is 8. The molecular weight excluding hydrogens is 411 g/mol. The number of ether oxygens (including phenoxy) is 2. The molecule has 3 fully saturated rings. The predicted octanol–water partition coefficient (Wildman–Crippen LogP) is 4.14. The van der Waals surface area contributed by atoms with E-state index >= 15 is 0 Å². The highest BCUT2D eigenvalue weighted by Crippen LogP contribution is 2.33. The third-order valence-corrected chi connectivity index (χ3v) is 6.55. The minimum Gasteiger partial charge on any atom is -0.494 e. The minimum absolute atomic E-state index is 0.158. The molecule has 1 saturated carbocycles. The lowest BCUT2D eigenvalue weighted by Crippen LogP contribution is -2.49. The molecule has 32 heavy (non-hydrogen) atoms. The van der Waals surface area contributed by atoms with E-state index in [1.807, 2.05) is 24.3 Å². The molecule has 2 aliphatic heterocycles. The molecule has 2 aromatic carbocycles. The zero-order valence-electron chi connectivity index (χ0n) is 17.9. The van der Waals surface area contributed by atoms with Crippen molar-refractivity contribution in [3.05, 3.63) is 59.9 Å². The Morgan fingerprint density at radius 2 is 1.66 bits per heavy atom. The molecule has 168 valence electrons. The van der Waals surface area contributed by atoms with Gasteiger partial charge < -0.3 is 14.4 Å². The van der Waals surface area contributed by atoms with Crippen LogP contribution in [0.25, 0.3) is 0 Å². The molecule has 7 heteroatoms. The lowest BCUT2D eigenvalue weighted by molar-refractivity contribution is 0.0967. The first-order valence-electron chi connectivity index (χ1n) is 11.3. The van der Waals surface area contributed by atoms with Gasteiger partial charge in [0, 0.05) is 43.2 Å². The molecule has 2 bridgehead atoms. The molecule has 2 heterocycles. The molecule has 0 aromatic heterocycles. The summed E-state index contributed by atoms with van der Waals surface area (Å²) >= 11 is 0. The van der Waals surface area contributed by atoms with Gasteiger partial charge in [-0.25, -0.2) is 9.18 Å². The largest absolute Gasteiger partial charge is 0.494 e. The number of carbonyl (C=O) groups excluding carboxylic acids is 2. The number of piperazine rings is 1. The zero-order chi connectivity index (χ0) is 22.1. The van der Waals surface area contributed by atoms with Crippen LogP contribution in [0.4, 0.5) is 9.18 Å². The Morgan fingerprint density at radius 3 is 2.31 bits per heavy atom. The van der Waals surface area contributed by atoms with Crippen molar-refractivity contribution in [2.75, 3.05) is 26.2 Å². The van der Waals surface area contributed by atoms with Crippen molar-refractivity contribution < 1.29 is 23.5 Å². The van der Waals surface area contributed by atoms with E-state index in [2.05, 4.69) is 4.90 Å². The normalized spacial score (nSPS) is 22.2. The van der Waals surface area contributed by atoms with Gasteiger partial charge in [0.1, 0.15) is 17.3 Å². The molecule has 5 rings (SSSR count). The Bertz CT molecular complexity index is 974. The van der Waals surface area contributed by atoms with Gasteiger partial charge in [0.05, 0.1) is 6.61 Å². The van der Waals surface area contributed by atoms with Crippen molar-refractivity contribution in [1.29, 1.82) is 0 Å². The van der Waals surface area contributed by atoms with E-state index in [9.17, 15) is 14.0 Å². The van der Waals surface area contributed by atoms with Gasteiger partial charge in [0.2, 0.25) is 0 Å². The fourth-order valence-electron chi connectivity index (χ4n) is 4.66. The van der Waals surface area contributed by atoms with Crippen molar-refractivity contribution in [1.82, 2.24) is 9.80 Å². The summed E-state index contributed by atoms with van der Waals surface area (Å²) in [6.45, 7) is 3.02. The van der Waals surface area contributed by atoms with Crippen LogP contribution in [0.15, 0.2) is 48.5 Å². The van der Waals surface area contributed by atoms with E-state index in [1.54, 1.807) is 4.90 Å². The molecule has 1 amide bonds. The molecule has 2 atom stereocenters. The van der Waals surface area contributed by atoms with Gasteiger partial charge in [-0.1, -0.05) is 0 Å². The molecule has 0 radical (unpaired) electrons. The first-order valence-corrected chi connectivity index (χ1v) is 11.3. The number of Topliss-reactive ketones (excluding diaryl/α,β-unsaturated/α-hetero) is 1. The average molecular weight is 438 g/mol. The maximum absolute atomic E-state index is 13.0. The first kappa shape index (κ1) is 20.9. The standard InChI is InChI=1S/C25H27FN2O4/c26-19-6-10-23(11-7-19)32-25(30)28-16-20-14-21(28)15-27(20)12-1-13-31-22-8-4-18(5-9-22)24(29)17-2-3-17/h4-11,17,20-21H,1-3,12-16H2/t20-,21-/m0/s1. The van der Waals surface area contributed by atoms with Crippen LogP contribution < -0.4 is 9.47 Å². The first-order chi connectivity index (χ1) is 15.6. The summed E-state index contributed by atoms with van der Waals surface area (Å²) < 4.78 is 24.2. The molecule has 0 spiro atoms. The molecule has 0 N–H and O–H groups in total. The second kappa shape index (κ2) is 8.90. The fraction of sp³-hybridized carbons (Fsp3) is 0.440. The Hall–Kier alpha value is -2.93. The van der Waals surface area contributed by atoms with Crippen LogP contribution in [0.1, 0.15) is 36.0 Å². The van der Waals surface area contributed by atoms with E-state index in [0.29, 0.717) is 24.9 Å². The number of nitrogens with zero attached hydrogens (tertiary/aromatic N) is 2. The third-order valence-electron chi connectivity index (χ3n) is 6.55. The van der Waals surface area contributed by atoms with E-state index < -0.39 is 0 Å². The van der Waals surface area contributed by atoms with Gasteiger partial charge in [-0.15, -0.1) is 0 Å². The zero-order valence-corrected chi connectivity index (χ0v) is 17.9. The molecular formula is C25H27FN2O4. The van der Waals surface area contributed by atoms with Crippen LogP contribution in [0.2, 0.25) is 0 Å². The maximum atomic E-state index is 13.0. The number of ketones is 1. The molecule has 2 aromatic rings. The SMILES string of the molecule is O=C(c1ccc(OCCCN2C[C@@H]3C[C@H]2CN3C(=O)Oc2ccc(F)cc2)cc1)C1CC1. The van der Waals surface area contributed by atoms with Crippen LogP contribution >= 0.6 is 0 Å². The van der Waals surface area contributed by atoms with Crippen molar-refractivity contribution in [2.24, 2.45) is 5.92 Å². The Balaban J connectivity index is 1.03. The molecule has 1 aliphatic carbocycles. The van der Waals surface area contributed by atoms with Crippen LogP contribution in [0, 0.1) is 11.7 Å². The highest BCUT2D eigenvalue weighted by Gasteiger charge is 2.45. The lowest BCUT2D eigenvalue weighted by atomic mass is 10.1. The van der Waals surface area contributed by atoms with Crippen LogP contribution in [-0.2, 0) is 0 Å². The molecule has 0 unspecified atom stereocenters. The van der Waals surface area contributed by atoms with Gasteiger partial charge in [-0.2, -0.15) is 0 Å². The van der Waals surface area contributed by atoms with E-state index in [-0.39, 0.29) is 29.7 Å². The van der Waals surface area contributed by atoms with E-state index in [0.717, 1.165) is 50.1 Å². The van der Waals surface area contributed by atoms with Crippen LogP contribution in [-0.4, -0.2) is 60.0 Å². The monoisotopic (exact) mass is 438 g/mol. The van der Waals surface area contributed by atoms with Gasteiger partial charge in [0.25, 0.3) is 0 Å². The number of hydrogen-bond donors (Lipinski definition) is 0. The summed E-state index contributed by atoms with van der Waals surface area (Å²) in [7, 11) is 0. The summed E-state index contributed by atoms with van der Waals surface area (Å²) in [5, 5.41) is 0. The number of hydrogen-bond acceptors (Lipinski definition) is 5. The Kier molecular flexibility index (Phi) is 5.83. The van der Waals surface area contributed by atoms with Crippen molar-refractivity contribution >= 4 is 11.9 Å². The predicted molar refractivity (Wildman–Crippen MR) is 117 cm³/mol. The highest BCUT2D eigenvalue weighted by atomic mass is 19.1. The summed E-state index contributed by atoms with van der Waals surface area (Å²) in [6, 6.07) is 13.5. The van der Waals surface area contributed by atoms with Crippen molar-refractivity contribution in [2.45, 2.75) is 37.8 Å². The van der Waals surface area contributed by atoms with Gasteiger partial charge in [-0.05, 0) is 74.2 Å². The molecule has 2 saturated heterocycles. The second-order valence-corrected chi connectivity index (χ2v) is 8.88. The average Bonchev–Trinajstić information content (AvgIpc) is 3.47. The summed E-state index contributed by atoms with van der Waals surface area (Å²) in [5.41, 5.74) is 0.774. The van der Waals surface area contributed by atoms with E-state index in [4.69, 9.17) is 9.47 Å².